The molecule has 0 amide bonds. The lowest BCUT2D eigenvalue weighted by atomic mass is 9.95. The van der Waals surface area contributed by atoms with Gasteiger partial charge in [0.2, 0.25) is 0 Å². The fourth-order valence-corrected chi connectivity index (χ4v) is 2.43. The summed E-state index contributed by atoms with van der Waals surface area (Å²) in [7, 11) is 0. The quantitative estimate of drug-likeness (QED) is 0.923. The van der Waals surface area contributed by atoms with Gasteiger partial charge in [-0.2, -0.15) is 0 Å². The molecule has 0 heterocycles. The van der Waals surface area contributed by atoms with E-state index in [0.29, 0.717) is 12.7 Å². The third-order valence-corrected chi connectivity index (χ3v) is 3.85. The topological polar surface area (TPSA) is 29.5 Å². The van der Waals surface area contributed by atoms with E-state index in [1.54, 1.807) is 0 Å². The van der Waals surface area contributed by atoms with E-state index >= 15 is 0 Å². The Balaban J connectivity index is 1.81. The van der Waals surface area contributed by atoms with Crippen LogP contribution in [0.3, 0.4) is 0 Å². The molecule has 0 radical (unpaired) electrons. The highest BCUT2D eigenvalue weighted by Gasteiger charge is 2.19. The number of hydrogen-bond donors (Lipinski definition) is 1. The van der Waals surface area contributed by atoms with Crippen molar-refractivity contribution in [3.8, 4) is 0 Å². The molecule has 1 N–H and O–H groups in total. The first-order chi connectivity index (χ1) is 7.75. The second kappa shape index (κ2) is 5.80. The Morgan fingerprint density at radius 2 is 1.88 bits per heavy atom. The van der Waals surface area contributed by atoms with Crippen molar-refractivity contribution in [1.82, 2.24) is 0 Å². The van der Waals surface area contributed by atoms with Gasteiger partial charge in [0.15, 0.2) is 0 Å². The highest BCUT2D eigenvalue weighted by atomic mass is 79.9. The molecule has 1 fully saturated rings. The van der Waals surface area contributed by atoms with Gasteiger partial charge in [-0.3, -0.25) is 0 Å². The molecule has 0 unspecified atom stereocenters. The van der Waals surface area contributed by atoms with Crippen LogP contribution >= 0.6 is 15.9 Å². The maximum Gasteiger partial charge on any atom is 0.0731 e. The Bertz CT molecular complexity index is 332. The maximum atomic E-state index is 9.39. The third-order valence-electron chi connectivity index (χ3n) is 3.08. The average molecular weight is 285 g/mol. The van der Waals surface area contributed by atoms with Gasteiger partial charge in [0.1, 0.15) is 0 Å². The lowest BCUT2D eigenvalue weighted by molar-refractivity contribution is -0.0120. The number of hydrogen-bond acceptors (Lipinski definition) is 2. The van der Waals surface area contributed by atoms with E-state index in [0.717, 1.165) is 30.2 Å². The summed E-state index contributed by atoms with van der Waals surface area (Å²) in [5.74, 6) is 0. The highest BCUT2D eigenvalue weighted by Crippen LogP contribution is 2.23. The van der Waals surface area contributed by atoms with Gasteiger partial charge in [-0.1, -0.05) is 34.1 Å². The zero-order chi connectivity index (χ0) is 11.4. The molecule has 88 valence electrons. The lowest BCUT2D eigenvalue weighted by Gasteiger charge is -2.25. The molecule has 1 aromatic carbocycles. The van der Waals surface area contributed by atoms with E-state index < -0.39 is 0 Å². The molecule has 2 nitrogen and oxygen atoms in total. The van der Waals surface area contributed by atoms with Gasteiger partial charge in [-0.25, -0.2) is 0 Å². The van der Waals surface area contributed by atoms with Crippen LogP contribution in [0.15, 0.2) is 28.7 Å². The molecule has 1 aliphatic carbocycles. The smallest absolute Gasteiger partial charge is 0.0731 e. The molecule has 16 heavy (non-hydrogen) atoms. The van der Waals surface area contributed by atoms with E-state index in [9.17, 15) is 5.11 Å². The predicted molar refractivity (Wildman–Crippen MR) is 67.2 cm³/mol. The molecule has 0 saturated heterocycles. The van der Waals surface area contributed by atoms with Gasteiger partial charge in [-0.15, -0.1) is 0 Å². The molecular formula is C13H17BrO2. The Morgan fingerprint density at radius 3 is 2.56 bits per heavy atom. The van der Waals surface area contributed by atoms with Gasteiger partial charge in [0, 0.05) is 4.47 Å². The first-order valence-electron chi connectivity index (χ1n) is 5.79. The Labute approximate surface area is 105 Å². The number of benzene rings is 1. The van der Waals surface area contributed by atoms with Crippen LogP contribution in [0.5, 0.6) is 0 Å². The molecule has 0 aromatic heterocycles. The van der Waals surface area contributed by atoms with Crippen molar-refractivity contribution in [1.29, 1.82) is 0 Å². The van der Waals surface area contributed by atoms with Gasteiger partial charge in [0.05, 0.1) is 18.8 Å². The van der Waals surface area contributed by atoms with Gasteiger partial charge in [-0.05, 0) is 37.3 Å². The summed E-state index contributed by atoms with van der Waals surface area (Å²) in [6, 6.07) is 8.13. The minimum Gasteiger partial charge on any atom is -0.393 e. The van der Waals surface area contributed by atoms with Crippen LogP contribution in [0, 0.1) is 0 Å². The minimum absolute atomic E-state index is 0.108. The zero-order valence-corrected chi connectivity index (χ0v) is 10.8. The molecule has 1 aliphatic rings. The molecule has 2 rings (SSSR count). The van der Waals surface area contributed by atoms with Gasteiger partial charge < -0.3 is 9.84 Å². The highest BCUT2D eigenvalue weighted by molar-refractivity contribution is 9.10. The standard InChI is InChI=1S/C13H17BrO2/c14-13-4-2-1-3-10(13)9-16-12-7-5-11(15)6-8-12/h1-4,11-12,15H,5-9H2. The molecular weight excluding hydrogens is 268 g/mol. The SMILES string of the molecule is OC1CCC(OCc2ccccc2Br)CC1. The molecule has 0 spiro atoms. The van der Waals surface area contributed by atoms with Crippen LogP contribution in [0.4, 0.5) is 0 Å². The van der Waals surface area contributed by atoms with Crippen molar-refractivity contribution in [3.05, 3.63) is 34.3 Å². The molecule has 0 aliphatic heterocycles. The van der Waals surface area contributed by atoms with Gasteiger partial charge in [0.25, 0.3) is 0 Å². The summed E-state index contributed by atoms with van der Waals surface area (Å²) in [4.78, 5) is 0. The van der Waals surface area contributed by atoms with Crippen LogP contribution in [0.1, 0.15) is 31.2 Å². The summed E-state index contributed by atoms with van der Waals surface area (Å²) in [6.45, 7) is 0.655. The van der Waals surface area contributed by atoms with E-state index in [-0.39, 0.29) is 6.10 Å². The summed E-state index contributed by atoms with van der Waals surface area (Å²) < 4.78 is 6.96. The lowest BCUT2D eigenvalue weighted by Crippen LogP contribution is -2.24. The Morgan fingerprint density at radius 1 is 1.19 bits per heavy atom. The van der Waals surface area contributed by atoms with E-state index in [4.69, 9.17) is 4.74 Å². The normalized spacial score (nSPS) is 25.6. The fraction of sp³-hybridized carbons (Fsp3) is 0.538. The Kier molecular flexibility index (Phi) is 4.38. The molecule has 1 aromatic rings. The Hall–Kier alpha value is -0.380. The first kappa shape index (κ1) is 12.1. The largest absolute Gasteiger partial charge is 0.393 e. The van der Waals surface area contributed by atoms with Crippen molar-refractivity contribution < 1.29 is 9.84 Å². The minimum atomic E-state index is -0.108. The molecule has 0 bridgehead atoms. The number of halogens is 1. The number of rotatable bonds is 3. The number of aliphatic hydroxyl groups excluding tert-OH is 1. The van der Waals surface area contributed by atoms with Crippen LogP contribution in [-0.4, -0.2) is 17.3 Å². The monoisotopic (exact) mass is 284 g/mol. The fourth-order valence-electron chi connectivity index (χ4n) is 2.03. The molecule has 1 saturated carbocycles. The van der Waals surface area contributed by atoms with E-state index in [2.05, 4.69) is 22.0 Å². The third kappa shape index (κ3) is 3.30. The van der Waals surface area contributed by atoms with Crippen molar-refractivity contribution in [2.75, 3.05) is 0 Å². The second-order valence-electron chi connectivity index (χ2n) is 4.33. The van der Waals surface area contributed by atoms with E-state index in [1.807, 2.05) is 18.2 Å². The van der Waals surface area contributed by atoms with Crippen molar-refractivity contribution in [3.63, 3.8) is 0 Å². The summed E-state index contributed by atoms with van der Waals surface area (Å²) in [6.07, 6.45) is 3.91. The summed E-state index contributed by atoms with van der Waals surface area (Å²) in [5.41, 5.74) is 1.19. The van der Waals surface area contributed by atoms with Crippen molar-refractivity contribution >= 4 is 15.9 Å². The number of aliphatic hydroxyl groups is 1. The summed E-state index contributed by atoms with van der Waals surface area (Å²) in [5, 5.41) is 9.39. The van der Waals surface area contributed by atoms with Gasteiger partial charge >= 0.3 is 0 Å². The van der Waals surface area contributed by atoms with Crippen molar-refractivity contribution in [2.45, 2.75) is 44.5 Å². The molecule has 3 heteroatoms. The van der Waals surface area contributed by atoms with Crippen LogP contribution < -0.4 is 0 Å². The second-order valence-corrected chi connectivity index (χ2v) is 5.19. The van der Waals surface area contributed by atoms with Crippen molar-refractivity contribution in [2.24, 2.45) is 0 Å². The van der Waals surface area contributed by atoms with Crippen LogP contribution in [-0.2, 0) is 11.3 Å². The first-order valence-corrected chi connectivity index (χ1v) is 6.58. The van der Waals surface area contributed by atoms with E-state index in [1.165, 1.54) is 5.56 Å². The predicted octanol–water partition coefficient (Wildman–Crippen LogP) is 3.27. The summed E-state index contributed by atoms with van der Waals surface area (Å²) >= 11 is 3.51. The maximum absolute atomic E-state index is 9.39. The van der Waals surface area contributed by atoms with Crippen LogP contribution in [0.25, 0.3) is 0 Å². The average Bonchev–Trinajstić information content (AvgIpc) is 2.30. The zero-order valence-electron chi connectivity index (χ0n) is 9.23. The molecule has 0 atom stereocenters. The number of ether oxygens (including phenoxy) is 1. The van der Waals surface area contributed by atoms with Crippen LogP contribution in [0.2, 0.25) is 0 Å².